The molecular weight excluding hydrogens is 512 g/mol. The Bertz CT molecular complexity index is 1420. The minimum absolute atomic E-state index is 0.0666. The number of nitrogens with zero attached hydrogens (tertiary/aromatic N) is 3. The zero-order valence-corrected chi connectivity index (χ0v) is 24.3. The van der Waals surface area contributed by atoms with Crippen LogP contribution in [0.3, 0.4) is 0 Å². The molecule has 2 aromatic carbocycles. The maximum atomic E-state index is 13.4. The second-order valence-electron chi connectivity index (χ2n) is 11.4. The maximum Gasteiger partial charge on any atom is 0.322 e. The SMILES string of the molecule is CCCCc1nc2ccc(N(CC)C(=O)NC3CCCCC3)cc2n1CC1(c2ccccc2)C=CC=CC1C(=O)O. The lowest BCUT2D eigenvalue weighted by molar-refractivity contribution is -0.142. The highest BCUT2D eigenvalue weighted by molar-refractivity contribution is 5.94. The summed E-state index contributed by atoms with van der Waals surface area (Å²) in [5.74, 6) is -0.648. The standard InChI is InChI=1S/C34H42N4O3/c1-3-5-19-31-36-29-21-20-27(37(4-2)33(41)35-26-16-10-7-11-17-26)23-30(29)38(31)24-34(25-14-8-6-9-15-25)22-13-12-18-28(34)32(39)40/h6,8-9,12-15,18,20-23,26,28H,3-5,7,10-11,16-17,19,24H2,1-2H3,(H,35,41)(H,39,40). The van der Waals surface area contributed by atoms with Gasteiger partial charge in [-0.15, -0.1) is 0 Å². The van der Waals surface area contributed by atoms with E-state index in [0.29, 0.717) is 13.1 Å². The lowest BCUT2D eigenvalue weighted by atomic mass is 9.68. The molecule has 216 valence electrons. The van der Waals surface area contributed by atoms with Gasteiger partial charge in [0.15, 0.2) is 0 Å². The van der Waals surface area contributed by atoms with Gasteiger partial charge >= 0.3 is 12.0 Å². The van der Waals surface area contributed by atoms with Crippen LogP contribution in [0.15, 0.2) is 72.8 Å². The average molecular weight is 555 g/mol. The quantitative estimate of drug-likeness (QED) is 0.282. The zero-order valence-electron chi connectivity index (χ0n) is 24.3. The number of carboxylic acid groups (broad SMARTS) is 1. The number of amides is 2. The first-order valence-electron chi connectivity index (χ1n) is 15.2. The van der Waals surface area contributed by atoms with Gasteiger partial charge in [-0.25, -0.2) is 9.78 Å². The first-order valence-corrected chi connectivity index (χ1v) is 15.2. The monoisotopic (exact) mass is 554 g/mol. The van der Waals surface area contributed by atoms with Crippen molar-refractivity contribution in [1.82, 2.24) is 14.9 Å². The molecule has 1 heterocycles. The Balaban J connectivity index is 1.58. The number of imidazole rings is 1. The van der Waals surface area contributed by atoms with E-state index in [4.69, 9.17) is 4.98 Å². The minimum atomic E-state index is -0.855. The van der Waals surface area contributed by atoms with Crippen LogP contribution in [-0.4, -0.2) is 39.2 Å². The predicted octanol–water partition coefficient (Wildman–Crippen LogP) is 7.01. The van der Waals surface area contributed by atoms with E-state index in [1.165, 1.54) is 6.42 Å². The second-order valence-corrected chi connectivity index (χ2v) is 11.4. The van der Waals surface area contributed by atoms with Gasteiger partial charge in [-0.1, -0.05) is 87.2 Å². The van der Waals surface area contributed by atoms with Crippen LogP contribution in [-0.2, 0) is 23.2 Å². The normalized spacial score (nSPS) is 20.8. The molecule has 1 saturated carbocycles. The van der Waals surface area contributed by atoms with Gasteiger partial charge in [-0.3, -0.25) is 9.69 Å². The molecule has 2 unspecified atom stereocenters. The van der Waals surface area contributed by atoms with Crippen LogP contribution >= 0.6 is 0 Å². The number of aryl methyl sites for hydroxylation is 1. The molecule has 7 heteroatoms. The van der Waals surface area contributed by atoms with Crippen molar-refractivity contribution in [2.24, 2.45) is 5.92 Å². The number of hydrogen-bond donors (Lipinski definition) is 2. The maximum absolute atomic E-state index is 13.4. The van der Waals surface area contributed by atoms with E-state index in [-0.39, 0.29) is 12.1 Å². The number of carbonyl (C=O) groups is 2. The van der Waals surface area contributed by atoms with Crippen molar-refractivity contribution in [3.8, 4) is 0 Å². The fraction of sp³-hybridized carbons (Fsp3) is 0.441. The Morgan fingerprint density at radius 3 is 2.56 bits per heavy atom. The Labute approximate surface area is 243 Å². The second kappa shape index (κ2) is 12.8. The summed E-state index contributed by atoms with van der Waals surface area (Å²) in [5, 5.41) is 13.6. The van der Waals surface area contributed by atoms with E-state index < -0.39 is 17.3 Å². The Kier molecular flexibility index (Phi) is 8.91. The summed E-state index contributed by atoms with van der Waals surface area (Å²) in [6.45, 7) is 5.13. The van der Waals surface area contributed by atoms with Crippen molar-refractivity contribution in [1.29, 1.82) is 0 Å². The summed E-state index contributed by atoms with van der Waals surface area (Å²) >= 11 is 0. The summed E-state index contributed by atoms with van der Waals surface area (Å²) in [5.41, 5.74) is 2.75. The van der Waals surface area contributed by atoms with Gasteiger partial charge in [0.25, 0.3) is 0 Å². The van der Waals surface area contributed by atoms with Crippen molar-refractivity contribution >= 4 is 28.7 Å². The van der Waals surface area contributed by atoms with E-state index in [1.54, 1.807) is 11.0 Å². The van der Waals surface area contributed by atoms with Crippen LogP contribution in [0.1, 0.15) is 70.2 Å². The fourth-order valence-corrected chi connectivity index (χ4v) is 6.48. The molecule has 0 spiro atoms. The highest BCUT2D eigenvalue weighted by Crippen LogP contribution is 2.41. The van der Waals surface area contributed by atoms with Crippen molar-refractivity contribution < 1.29 is 14.7 Å². The highest BCUT2D eigenvalue weighted by atomic mass is 16.4. The average Bonchev–Trinajstić information content (AvgIpc) is 3.33. The molecule has 5 rings (SSSR count). The molecule has 41 heavy (non-hydrogen) atoms. The van der Waals surface area contributed by atoms with Gasteiger partial charge in [0.2, 0.25) is 0 Å². The first kappa shape index (κ1) is 28.7. The number of fused-ring (bicyclic) bond motifs is 1. The van der Waals surface area contributed by atoms with Crippen molar-refractivity contribution in [3.63, 3.8) is 0 Å². The highest BCUT2D eigenvalue weighted by Gasteiger charge is 2.43. The van der Waals surface area contributed by atoms with Gasteiger partial charge in [0.1, 0.15) is 5.82 Å². The Hall–Kier alpha value is -3.87. The summed E-state index contributed by atoms with van der Waals surface area (Å²) in [6.07, 6.45) is 16.0. The number of anilines is 1. The predicted molar refractivity (Wildman–Crippen MR) is 164 cm³/mol. The Morgan fingerprint density at radius 1 is 1.07 bits per heavy atom. The summed E-state index contributed by atoms with van der Waals surface area (Å²) in [6, 6.07) is 16.1. The number of carboxylic acids is 1. The van der Waals surface area contributed by atoms with E-state index in [2.05, 4.69) is 22.9 Å². The molecule has 1 aromatic heterocycles. The van der Waals surface area contributed by atoms with Gasteiger partial charge in [0, 0.05) is 36.7 Å². The van der Waals surface area contributed by atoms with Gasteiger partial charge in [-0.05, 0) is 49.9 Å². The first-order chi connectivity index (χ1) is 20.0. The number of rotatable bonds is 10. The largest absolute Gasteiger partial charge is 0.481 e. The van der Waals surface area contributed by atoms with Crippen molar-refractivity contribution in [2.75, 3.05) is 11.4 Å². The van der Waals surface area contributed by atoms with Crippen LogP contribution in [0.2, 0.25) is 0 Å². The van der Waals surface area contributed by atoms with Gasteiger partial charge in [-0.2, -0.15) is 0 Å². The number of unbranched alkanes of at least 4 members (excludes halogenated alkanes) is 1. The van der Waals surface area contributed by atoms with Crippen molar-refractivity contribution in [3.05, 3.63) is 84.2 Å². The summed E-state index contributed by atoms with van der Waals surface area (Å²) in [7, 11) is 0. The molecule has 7 nitrogen and oxygen atoms in total. The van der Waals surface area contributed by atoms with Crippen LogP contribution in [0.25, 0.3) is 11.0 Å². The molecule has 2 atom stereocenters. The number of aliphatic carboxylic acids is 1. The lowest BCUT2D eigenvalue weighted by Crippen LogP contribution is -2.45. The third-order valence-electron chi connectivity index (χ3n) is 8.73. The molecule has 1 fully saturated rings. The molecule has 0 bridgehead atoms. The molecule has 3 aromatic rings. The molecule has 0 radical (unpaired) electrons. The molecule has 2 amide bonds. The van der Waals surface area contributed by atoms with E-state index in [1.807, 2.05) is 67.6 Å². The fourth-order valence-electron chi connectivity index (χ4n) is 6.48. The molecule has 2 aliphatic rings. The number of hydrogen-bond acceptors (Lipinski definition) is 3. The number of allylic oxidation sites excluding steroid dienone is 3. The molecule has 2 N–H and O–H groups in total. The zero-order chi connectivity index (χ0) is 28.8. The summed E-state index contributed by atoms with van der Waals surface area (Å²) in [4.78, 5) is 32.9. The van der Waals surface area contributed by atoms with Crippen LogP contribution in [0.5, 0.6) is 0 Å². The number of nitrogens with one attached hydrogen (secondary N) is 1. The minimum Gasteiger partial charge on any atom is -0.481 e. The van der Waals surface area contributed by atoms with Crippen LogP contribution in [0.4, 0.5) is 10.5 Å². The third kappa shape index (κ3) is 5.95. The van der Waals surface area contributed by atoms with Crippen molar-refractivity contribution in [2.45, 2.75) is 83.2 Å². The third-order valence-corrected chi connectivity index (χ3v) is 8.73. The molecule has 0 aliphatic heterocycles. The number of aromatic nitrogens is 2. The topological polar surface area (TPSA) is 87.5 Å². The number of urea groups is 1. The Morgan fingerprint density at radius 2 is 1.85 bits per heavy atom. The van der Waals surface area contributed by atoms with E-state index in [9.17, 15) is 14.7 Å². The lowest BCUT2D eigenvalue weighted by Gasteiger charge is -2.38. The molecule has 2 aliphatic carbocycles. The molecular formula is C34H42N4O3. The van der Waals surface area contributed by atoms with Gasteiger partial charge in [0.05, 0.1) is 17.0 Å². The number of carbonyl (C=O) groups excluding carboxylic acids is 1. The molecule has 0 saturated heterocycles. The smallest absolute Gasteiger partial charge is 0.322 e. The summed E-state index contributed by atoms with van der Waals surface area (Å²) < 4.78 is 2.20. The van der Waals surface area contributed by atoms with E-state index in [0.717, 1.165) is 73.1 Å². The van der Waals surface area contributed by atoms with E-state index >= 15 is 0 Å². The van der Waals surface area contributed by atoms with Crippen LogP contribution in [0, 0.1) is 5.92 Å². The number of benzene rings is 2. The van der Waals surface area contributed by atoms with Crippen LogP contribution < -0.4 is 10.2 Å². The van der Waals surface area contributed by atoms with Gasteiger partial charge < -0.3 is 15.0 Å².